The zero-order valence-electron chi connectivity index (χ0n) is 13.8. The van der Waals surface area contributed by atoms with Gasteiger partial charge in [-0.2, -0.15) is 0 Å². The van der Waals surface area contributed by atoms with Crippen LogP contribution < -0.4 is 5.32 Å². The summed E-state index contributed by atoms with van der Waals surface area (Å²) in [6, 6.07) is 0. The molecule has 0 unspecified atom stereocenters. The lowest BCUT2D eigenvalue weighted by molar-refractivity contribution is -0.116. The molecule has 1 aliphatic carbocycles. The third-order valence-corrected chi connectivity index (χ3v) is 5.01. The van der Waals surface area contributed by atoms with Crippen LogP contribution in [0.15, 0.2) is 0 Å². The molecule has 122 valence electrons. The Hall–Kier alpha value is -1.36. The molecule has 1 aromatic heterocycles. The summed E-state index contributed by atoms with van der Waals surface area (Å²) in [7, 11) is 0. The molecule has 5 heteroatoms. The Labute approximate surface area is 136 Å². The van der Waals surface area contributed by atoms with Crippen molar-refractivity contribution in [3.63, 3.8) is 0 Å². The van der Waals surface area contributed by atoms with Crippen LogP contribution in [0.2, 0.25) is 0 Å². The number of carbonyl (C=O) groups excluding carboxylic acids is 2. The fourth-order valence-corrected chi connectivity index (χ4v) is 4.22. The molecule has 0 aliphatic heterocycles. The molecule has 0 saturated heterocycles. The van der Waals surface area contributed by atoms with Gasteiger partial charge in [0.25, 0.3) is 0 Å². The highest BCUT2D eigenvalue weighted by Crippen LogP contribution is 2.40. The number of ether oxygens (including phenoxy) is 1. The van der Waals surface area contributed by atoms with Gasteiger partial charge in [0.1, 0.15) is 5.00 Å². The van der Waals surface area contributed by atoms with Crippen LogP contribution in [0.4, 0.5) is 5.00 Å². The molecule has 4 nitrogen and oxygen atoms in total. The monoisotopic (exact) mass is 323 g/mol. The number of carbonyl (C=O) groups is 2. The number of hydrogen-bond acceptors (Lipinski definition) is 4. The van der Waals surface area contributed by atoms with Crippen molar-refractivity contribution in [3.05, 3.63) is 16.0 Å². The highest BCUT2D eigenvalue weighted by Gasteiger charge is 2.29. The smallest absolute Gasteiger partial charge is 0.341 e. The zero-order valence-corrected chi connectivity index (χ0v) is 14.6. The second-order valence-corrected chi connectivity index (χ2v) is 7.53. The highest BCUT2D eigenvalue weighted by molar-refractivity contribution is 7.17. The quantitative estimate of drug-likeness (QED) is 0.832. The number of hydrogen-bond donors (Lipinski definition) is 1. The van der Waals surface area contributed by atoms with E-state index in [0.29, 0.717) is 35.4 Å². The van der Waals surface area contributed by atoms with Crippen LogP contribution in [-0.4, -0.2) is 18.5 Å². The molecule has 0 aromatic carbocycles. The van der Waals surface area contributed by atoms with Crippen molar-refractivity contribution in [2.75, 3.05) is 11.9 Å². The molecule has 1 aliphatic rings. The summed E-state index contributed by atoms with van der Waals surface area (Å²) in [5, 5.41) is 3.60. The van der Waals surface area contributed by atoms with E-state index in [1.165, 1.54) is 4.88 Å². The van der Waals surface area contributed by atoms with E-state index >= 15 is 0 Å². The van der Waals surface area contributed by atoms with Gasteiger partial charge in [-0.3, -0.25) is 4.79 Å². The lowest BCUT2D eigenvalue weighted by Gasteiger charge is -2.18. The van der Waals surface area contributed by atoms with Gasteiger partial charge in [-0.05, 0) is 43.6 Å². The van der Waals surface area contributed by atoms with Gasteiger partial charge in [0.2, 0.25) is 5.91 Å². The average Bonchev–Trinajstić information content (AvgIpc) is 2.74. The molecule has 0 saturated carbocycles. The molecule has 0 spiro atoms. The summed E-state index contributed by atoms with van der Waals surface area (Å²) in [6.45, 7) is 8.39. The number of rotatable bonds is 5. The Balaban J connectivity index is 2.31. The van der Waals surface area contributed by atoms with Crippen molar-refractivity contribution in [2.24, 2.45) is 11.8 Å². The van der Waals surface area contributed by atoms with Gasteiger partial charge in [0.15, 0.2) is 0 Å². The minimum absolute atomic E-state index is 0.0350. The maximum absolute atomic E-state index is 12.3. The molecule has 0 radical (unpaired) electrons. The summed E-state index contributed by atoms with van der Waals surface area (Å²) < 4.78 is 5.20. The Morgan fingerprint density at radius 2 is 2.14 bits per heavy atom. The van der Waals surface area contributed by atoms with Crippen molar-refractivity contribution in [1.82, 2.24) is 0 Å². The summed E-state index contributed by atoms with van der Waals surface area (Å²) in [4.78, 5) is 25.6. The Kier molecular flexibility index (Phi) is 5.62. The predicted molar refractivity (Wildman–Crippen MR) is 89.5 cm³/mol. The van der Waals surface area contributed by atoms with Crippen molar-refractivity contribution < 1.29 is 14.3 Å². The van der Waals surface area contributed by atoms with Crippen LogP contribution in [0.1, 0.15) is 61.3 Å². The molecule has 1 heterocycles. The third-order valence-electron chi connectivity index (χ3n) is 3.84. The molecule has 1 atom stereocenters. The van der Waals surface area contributed by atoms with Gasteiger partial charge in [0.05, 0.1) is 12.2 Å². The van der Waals surface area contributed by atoms with E-state index in [9.17, 15) is 9.59 Å². The van der Waals surface area contributed by atoms with Crippen LogP contribution in [0, 0.1) is 11.8 Å². The number of anilines is 1. The predicted octanol–water partition coefficient (Wildman–Crippen LogP) is 4.03. The largest absolute Gasteiger partial charge is 0.462 e. The van der Waals surface area contributed by atoms with Crippen molar-refractivity contribution in [2.45, 2.75) is 53.4 Å². The third kappa shape index (κ3) is 3.88. The first-order chi connectivity index (χ1) is 10.4. The van der Waals surface area contributed by atoms with Gasteiger partial charge in [0, 0.05) is 11.3 Å². The van der Waals surface area contributed by atoms with Crippen molar-refractivity contribution >= 4 is 28.2 Å². The molecule has 2 rings (SSSR count). The number of amides is 1. The van der Waals surface area contributed by atoms with E-state index in [1.807, 2.05) is 13.8 Å². The number of thiophene rings is 1. The van der Waals surface area contributed by atoms with Crippen molar-refractivity contribution in [3.8, 4) is 0 Å². The first-order valence-corrected chi connectivity index (χ1v) is 8.85. The summed E-state index contributed by atoms with van der Waals surface area (Å²) in [5.74, 6) is 0.572. The van der Waals surface area contributed by atoms with Gasteiger partial charge >= 0.3 is 5.97 Å². The van der Waals surface area contributed by atoms with E-state index in [-0.39, 0.29) is 11.9 Å². The first kappa shape index (κ1) is 17.0. The standard InChI is InChI=1S/C17H25NO3S/c1-5-21-17(20)15-12-7-6-11(4)9-13(12)22-16(15)18-14(19)8-10(2)3/h10-11H,5-9H2,1-4H3,(H,18,19)/t11-/m0/s1. The molecular formula is C17H25NO3S. The average molecular weight is 323 g/mol. The molecule has 0 bridgehead atoms. The summed E-state index contributed by atoms with van der Waals surface area (Å²) >= 11 is 1.54. The number of nitrogens with one attached hydrogen (secondary N) is 1. The van der Waals surface area contributed by atoms with Crippen LogP contribution in [0.5, 0.6) is 0 Å². The molecular weight excluding hydrogens is 298 g/mol. The normalized spacial score (nSPS) is 17.2. The minimum atomic E-state index is -0.311. The zero-order chi connectivity index (χ0) is 16.3. The molecule has 22 heavy (non-hydrogen) atoms. The first-order valence-electron chi connectivity index (χ1n) is 8.03. The van der Waals surface area contributed by atoms with Gasteiger partial charge in [-0.15, -0.1) is 11.3 Å². The van der Waals surface area contributed by atoms with E-state index in [1.54, 1.807) is 18.3 Å². The van der Waals surface area contributed by atoms with Gasteiger partial charge in [-0.1, -0.05) is 20.8 Å². The van der Waals surface area contributed by atoms with Crippen LogP contribution in [0.25, 0.3) is 0 Å². The Morgan fingerprint density at radius 1 is 1.41 bits per heavy atom. The van der Waals surface area contributed by atoms with E-state index in [0.717, 1.165) is 24.8 Å². The SMILES string of the molecule is CCOC(=O)c1c(NC(=O)CC(C)C)sc2c1CC[C@H](C)C2. The van der Waals surface area contributed by atoms with Gasteiger partial charge < -0.3 is 10.1 Å². The van der Waals surface area contributed by atoms with E-state index < -0.39 is 0 Å². The minimum Gasteiger partial charge on any atom is -0.462 e. The molecule has 0 fully saturated rings. The maximum atomic E-state index is 12.3. The summed E-state index contributed by atoms with van der Waals surface area (Å²) in [6.07, 6.45) is 3.41. The molecule has 1 N–H and O–H groups in total. The number of esters is 1. The fourth-order valence-electron chi connectivity index (χ4n) is 2.81. The second-order valence-electron chi connectivity index (χ2n) is 6.42. The van der Waals surface area contributed by atoms with Crippen LogP contribution in [-0.2, 0) is 22.4 Å². The lowest BCUT2D eigenvalue weighted by atomic mass is 9.88. The lowest BCUT2D eigenvalue weighted by Crippen LogP contribution is -2.17. The van der Waals surface area contributed by atoms with Crippen molar-refractivity contribution in [1.29, 1.82) is 0 Å². The number of fused-ring (bicyclic) bond motifs is 1. The second kappa shape index (κ2) is 7.27. The molecule has 1 amide bonds. The topological polar surface area (TPSA) is 55.4 Å². The Morgan fingerprint density at radius 3 is 2.77 bits per heavy atom. The van der Waals surface area contributed by atoms with E-state index in [2.05, 4.69) is 12.2 Å². The molecule has 1 aromatic rings. The highest BCUT2D eigenvalue weighted by atomic mass is 32.1. The van der Waals surface area contributed by atoms with Gasteiger partial charge in [-0.25, -0.2) is 4.79 Å². The van der Waals surface area contributed by atoms with E-state index in [4.69, 9.17) is 4.74 Å². The van der Waals surface area contributed by atoms with Crippen LogP contribution in [0.3, 0.4) is 0 Å². The maximum Gasteiger partial charge on any atom is 0.341 e. The Bertz CT molecular complexity index is 562. The summed E-state index contributed by atoms with van der Waals surface area (Å²) in [5.41, 5.74) is 1.67. The van der Waals surface area contributed by atoms with Crippen LogP contribution >= 0.6 is 11.3 Å². The fraction of sp³-hybridized carbons (Fsp3) is 0.647.